The molecule has 1 aliphatic heterocycles. The van der Waals surface area contributed by atoms with E-state index in [9.17, 15) is 0 Å². The van der Waals surface area contributed by atoms with Gasteiger partial charge in [-0.3, -0.25) is 0 Å². The Bertz CT molecular complexity index is 997. The molecule has 142 valence electrons. The fourth-order valence-electron chi connectivity index (χ4n) is 2.66. The van der Waals surface area contributed by atoms with Gasteiger partial charge in [-0.05, 0) is 39.7 Å². The zero-order chi connectivity index (χ0) is 19.3. The number of hydroxylamine groups is 1. The summed E-state index contributed by atoms with van der Waals surface area (Å²) in [4.78, 5) is 18.5. The minimum Gasteiger partial charge on any atom is -0.411 e. The van der Waals surface area contributed by atoms with E-state index >= 15 is 0 Å². The average Bonchev–Trinajstić information content (AvgIpc) is 3.18. The fourth-order valence-corrected chi connectivity index (χ4v) is 2.95. The van der Waals surface area contributed by atoms with E-state index in [-0.39, 0.29) is 6.04 Å². The molecule has 5 N–H and O–H groups in total. The Balaban J connectivity index is 1.41. The average molecular weight is 440 g/mol. The second-order valence-corrected chi connectivity index (χ2v) is 6.91. The Hall–Kier alpha value is -3.17. The normalized spacial score (nSPS) is 15.6. The standard InChI is InChI=1S/C19H18BrN7O/c20-14-11-23-19(26-18(14)25-17-8-4-7-16(21)24-17)22-10-13-9-15(27-28-13)12-5-2-1-3-6-12/h1-9,11,15,27H,10H2,(H4,21,22,23,24,25,26). The number of anilines is 4. The van der Waals surface area contributed by atoms with Gasteiger partial charge in [0.1, 0.15) is 17.4 Å². The number of rotatable bonds is 6. The smallest absolute Gasteiger partial charge is 0.225 e. The summed E-state index contributed by atoms with van der Waals surface area (Å²) in [5.41, 5.74) is 9.86. The number of nitrogens with two attached hydrogens (primary N) is 1. The van der Waals surface area contributed by atoms with Gasteiger partial charge in [-0.1, -0.05) is 36.4 Å². The van der Waals surface area contributed by atoms with Crippen molar-refractivity contribution in [1.29, 1.82) is 0 Å². The van der Waals surface area contributed by atoms with Gasteiger partial charge in [-0.15, -0.1) is 5.48 Å². The maximum absolute atomic E-state index is 5.72. The molecule has 3 heterocycles. The molecule has 1 aromatic carbocycles. The molecule has 0 saturated carbocycles. The van der Waals surface area contributed by atoms with Gasteiger partial charge in [0.05, 0.1) is 17.1 Å². The van der Waals surface area contributed by atoms with Crippen LogP contribution in [0.5, 0.6) is 0 Å². The number of pyridine rings is 1. The summed E-state index contributed by atoms with van der Waals surface area (Å²) in [6.45, 7) is 0.452. The summed E-state index contributed by atoms with van der Waals surface area (Å²) in [7, 11) is 0. The van der Waals surface area contributed by atoms with Crippen LogP contribution in [0.25, 0.3) is 0 Å². The zero-order valence-electron chi connectivity index (χ0n) is 14.8. The van der Waals surface area contributed by atoms with Crippen molar-refractivity contribution in [3.63, 3.8) is 0 Å². The Morgan fingerprint density at radius 1 is 1.11 bits per heavy atom. The number of hydrogen-bond donors (Lipinski definition) is 4. The molecule has 9 heteroatoms. The van der Waals surface area contributed by atoms with E-state index < -0.39 is 0 Å². The van der Waals surface area contributed by atoms with E-state index in [1.54, 1.807) is 12.3 Å². The molecule has 0 radical (unpaired) electrons. The van der Waals surface area contributed by atoms with Crippen molar-refractivity contribution < 1.29 is 4.84 Å². The van der Waals surface area contributed by atoms with E-state index in [1.165, 1.54) is 0 Å². The van der Waals surface area contributed by atoms with Gasteiger partial charge in [0.25, 0.3) is 0 Å². The van der Waals surface area contributed by atoms with E-state index in [4.69, 9.17) is 10.6 Å². The van der Waals surface area contributed by atoms with Crippen LogP contribution in [0.1, 0.15) is 11.6 Å². The Morgan fingerprint density at radius 3 is 2.79 bits per heavy atom. The largest absolute Gasteiger partial charge is 0.411 e. The number of nitrogens with zero attached hydrogens (tertiary/aromatic N) is 3. The molecule has 0 spiro atoms. The molecule has 1 atom stereocenters. The first-order chi connectivity index (χ1) is 13.7. The second-order valence-electron chi connectivity index (χ2n) is 6.06. The number of benzene rings is 1. The summed E-state index contributed by atoms with van der Waals surface area (Å²) >= 11 is 3.44. The van der Waals surface area contributed by atoms with Crippen molar-refractivity contribution in [3.05, 3.63) is 76.6 Å². The van der Waals surface area contributed by atoms with Crippen molar-refractivity contribution in [2.24, 2.45) is 0 Å². The number of aromatic nitrogens is 3. The second kappa shape index (κ2) is 8.24. The third-order valence-electron chi connectivity index (χ3n) is 4.01. The third kappa shape index (κ3) is 4.38. The number of nitrogens with one attached hydrogen (secondary N) is 3. The van der Waals surface area contributed by atoms with E-state index in [0.717, 1.165) is 11.3 Å². The summed E-state index contributed by atoms with van der Waals surface area (Å²) in [6.07, 6.45) is 3.69. The van der Waals surface area contributed by atoms with E-state index in [2.05, 4.69) is 47.0 Å². The molecule has 0 bridgehead atoms. The van der Waals surface area contributed by atoms with Crippen molar-refractivity contribution in [3.8, 4) is 0 Å². The molecular weight excluding hydrogens is 422 g/mol. The van der Waals surface area contributed by atoms with Crippen LogP contribution in [0.3, 0.4) is 0 Å². The van der Waals surface area contributed by atoms with Gasteiger partial charge in [0.15, 0.2) is 5.82 Å². The van der Waals surface area contributed by atoms with Gasteiger partial charge in [-0.2, -0.15) is 4.98 Å². The highest BCUT2D eigenvalue weighted by atomic mass is 79.9. The molecule has 28 heavy (non-hydrogen) atoms. The summed E-state index contributed by atoms with van der Waals surface area (Å²) < 4.78 is 0.712. The van der Waals surface area contributed by atoms with Crippen LogP contribution < -0.4 is 21.8 Å². The minimum absolute atomic E-state index is 0.0238. The van der Waals surface area contributed by atoms with Crippen molar-refractivity contribution in [2.75, 3.05) is 22.9 Å². The predicted molar refractivity (Wildman–Crippen MR) is 112 cm³/mol. The lowest BCUT2D eigenvalue weighted by Gasteiger charge is -2.10. The van der Waals surface area contributed by atoms with Crippen LogP contribution in [0, 0.1) is 0 Å². The molecule has 0 saturated heterocycles. The van der Waals surface area contributed by atoms with Crippen LogP contribution in [0.4, 0.5) is 23.4 Å². The van der Waals surface area contributed by atoms with Crippen LogP contribution in [0.15, 0.2) is 71.0 Å². The Labute approximate surface area is 170 Å². The minimum atomic E-state index is 0.0238. The van der Waals surface area contributed by atoms with Gasteiger partial charge in [0.2, 0.25) is 5.95 Å². The monoisotopic (exact) mass is 439 g/mol. The van der Waals surface area contributed by atoms with Crippen LogP contribution in [-0.4, -0.2) is 21.5 Å². The molecule has 4 rings (SSSR count). The first-order valence-electron chi connectivity index (χ1n) is 8.61. The molecule has 3 aromatic rings. The summed E-state index contributed by atoms with van der Waals surface area (Å²) in [5, 5.41) is 6.28. The van der Waals surface area contributed by atoms with Gasteiger partial charge >= 0.3 is 0 Å². The Kier molecular flexibility index (Phi) is 5.36. The first-order valence-corrected chi connectivity index (χ1v) is 9.40. The third-order valence-corrected chi connectivity index (χ3v) is 4.59. The molecule has 1 unspecified atom stereocenters. The van der Waals surface area contributed by atoms with Crippen molar-refractivity contribution in [2.45, 2.75) is 6.04 Å². The van der Waals surface area contributed by atoms with Gasteiger partial charge < -0.3 is 21.2 Å². The molecule has 8 nitrogen and oxygen atoms in total. The van der Waals surface area contributed by atoms with Crippen LogP contribution in [0.2, 0.25) is 0 Å². The van der Waals surface area contributed by atoms with Crippen LogP contribution >= 0.6 is 15.9 Å². The number of nitrogen functional groups attached to an aromatic ring is 1. The highest BCUT2D eigenvalue weighted by Gasteiger charge is 2.18. The molecule has 2 aromatic heterocycles. The predicted octanol–water partition coefficient (Wildman–Crippen LogP) is 3.53. The highest BCUT2D eigenvalue weighted by Crippen LogP contribution is 2.25. The van der Waals surface area contributed by atoms with Gasteiger partial charge in [0, 0.05) is 6.20 Å². The molecule has 0 fully saturated rings. The highest BCUT2D eigenvalue weighted by molar-refractivity contribution is 9.10. The number of hydrogen-bond acceptors (Lipinski definition) is 8. The van der Waals surface area contributed by atoms with E-state index in [0.29, 0.717) is 34.4 Å². The molecule has 0 aliphatic carbocycles. The first kappa shape index (κ1) is 18.2. The quantitative estimate of drug-likeness (QED) is 0.461. The van der Waals surface area contributed by atoms with Gasteiger partial charge in [-0.25, -0.2) is 9.97 Å². The molecule has 0 amide bonds. The SMILES string of the molecule is Nc1cccc(Nc2nc(NCC3=CC(c4ccccc4)NO3)ncc2Br)n1. The maximum atomic E-state index is 5.72. The van der Waals surface area contributed by atoms with Crippen LogP contribution in [-0.2, 0) is 4.84 Å². The topological polar surface area (TPSA) is 110 Å². The maximum Gasteiger partial charge on any atom is 0.225 e. The summed E-state index contributed by atoms with van der Waals surface area (Å²) in [6, 6.07) is 15.5. The number of halogens is 1. The lowest BCUT2D eigenvalue weighted by atomic mass is 10.1. The molecule has 1 aliphatic rings. The Morgan fingerprint density at radius 2 is 1.96 bits per heavy atom. The summed E-state index contributed by atoms with van der Waals surface area (Å²) in [5.74, 6) is 2.84. The molecular formula is C19H18BrN7O. The lowest BCUT2D eigenvalue weighted by molar-refractivity contribution is 0.116. The zero-order valence-corrected chi connectivity index (χ0v) is 16.3. The van der Waals surface area contributed by atoms with Crippen molar-refractivity contribution in [1.82, 2.24) is 20.4 Å². The van der Waals surface area contributed by atoms with E-state index in [1.807, 2.05) is 48.5 Å². The lowest BCUT2D eigenvalue weighted by Crippen LogP contribution is -2.14. The fraction of sp³-hybridized carbons (Fsp3) is 0.105. The van der Waals surface area contributed by atoms with Crippen molar-refractivity contribution >= 4 is 39.3 Å².